The Morgan fingerprint density at radius 2 is 0.690 bits per heavy atom. The fourth-order valence-corrected chi connectivity index (χ4v) is 14.7. The molecule has 5 heteroatoms. The van der Waals surface area contributed by atoms with Gasteiger partial charge in [0.05, 0.1) is 0 Å². The normalized spacial score (nSPS) is 30.4. The van der Waals surface area contributed by atoms with E-state index in [0.29, 0.717) is 0 Å². The molecule has 8 heterocycles. The zero-order chi connectivity index (χ0) is 50.7. The van der Waals surface area contributed by atoms with Crippen molar-refractivity contribution in [3.05, 3.63) is 0 Å². The quantitative estimate of drug-likeness (QED) is 0.216. The number of piperidine rings is 7. The van der Waals surface area contributed by atoms with Gasteiger partial charge in [-0.2, -0.15) is 0 Å². The van der Waals surface area contributed by atoms with Crippen molar-refractivity contribution in [2.24, 2.45) is 35.5 Å². The van der Waals surface area contributed by atoms with Gasteiger partial charge in [0.1, 0.15) is 0 Å². The summed E-state index contributed by atoms with van der Waals surface area (Å²) in [4.78, 5) is 13.5. The first-order valence-corrected chi connectivity index (χ1v) is 33.5. The van der Waals surface area contributed by atoms with Crippen LogP contribution in [0.2, 0.25) is 0 Å². The summed E-state index contributed by atoms with van der Waals surface area (Å²) in [5.41, 5.74) is 0. The zero-order valence-corrected chi connectivity index (χ0v) is 50.1. The van der Waals surface area contributed by atoms with Crippen molar-refractivity contribution in [3.63, 3.8) is 0 Å². The molecule has 6 atom stereocenters. The molecule has 10 fully saturated rings. The Morgan fingerprint density at radius 1 is 0.268 bits per heavy atom. The van der Waals surface area contributed by atoms with Gasteiger partial charge >= 0.3 is 0 Å². The Labute approximate surface area is 447 Å². The van der Waals surface area contributed by atoms with E-state index < -0.39 is 0 Å². The molecule has 2 aliphatic carbocycles. The topological polar surface area (TPSA) is 16.2 Å². The molecule has 10 aliphatic rings. The van der Waals surface area contributed by atoms with E-state index in [2.05, 4.69) is 79.9 Å². The van der Waals surface area contributed by atoms with Gasteiger partial charge < -0.3 is 24.5 Å². The van der Waals surface area contributed by atoms with Crippen LogP contribution in [-0.4, -0.2) is 121 Å². The minimum atomic E-state index is 0.970. The number of fused-ring (bicyclic) bond motifs is 3. The lowest BCUT2D eigenvalue weighted by atomic mass is 9.85. The lowest BCUT2D eigenvalue weighted by Gasteiger charge is -2.42. The molecule has 10 rings (SSSR count). The average Bonchev–Trinajstić information content (AvgIpc) is 3.89. The van der Waals surface area contributed by atoms with Crippen LogP contribution in [0.1, 0.15) is 293 Å². The molecule has 420 valence electrons. The second-order valence-corrected chi connectivity index (χ2v) is 25.6. The van der Waals surface area contributed by atoms with Crippen LogP contribution in [0, 0.1) is 35.5 Å². The second-order valence-electron chi connectivity index (χ2n) is 25.6. The number of unbranched alkanes of at least 4 members (excludes halogenated alkanes) is 1. The summed E-state index contributed by atoms with van der Waals surface area (Å²) >= 11 is 0. The molecule has 8 saturated heterocycles. The predicted octanol–water partition coefficient (Wildman–Crippen LogP) is 17.9. The van der Waals surface area contributed by atoms with Crippen LogP contribution in [0.3, 0.4) is 0 Å². The monoisotopic (exact) mass is 994 g/mol. The van der Waals surface area contributed by atoms with Gasteiger partial charge in [-0.1, -0.05) is 177 Å². The van der Waals surface area contributed by atoms with Crippen LogP contribution < -0.4 is 0 Å². The average molecular weight is 995 g/mol. The van der Waals surface area contributed by atoms with E-state index in [1.165, 1.54) is 316 Å². The van der Waals surface area contributed by atoms with Crippen LogP contribution in [0.4, 0.5) is 0 Å². The number of hydrogen-bond donors (Lipinski definition) is 0. The maximum atomic E-state index is 2.75. The third kappa shape index (κ3) is 26.1. The maximum absolute atomic E-state index is 2.75. The number of rotatable bonds is 10. The molecular weight excluding hydrogens is 863 g/mol. The molecule has 71 heavy (non-hydrogen) atoms. The van der Waals surface area contributed by atoms with Crippen LogP contribution in [-0.2, 0) is 0 Å². The summed E-state index contributed by atoms with van der Waals surface area (Å²) in [7, 11) is 0. The number of hydrogen-bond acceptors (Lipinski definition) is 5. The van der Waals surface area contributed by atoms with Crippen LogP contribution in [0.25, 0.3) is 0 Å². The van der Waals surface area contributed by atoms with Crippen molar-refractivity contribution >= 4 is 0 Å². The van der Waals surface area contributed by atoms with Crippen LogP contribution >= 0.6 is 0 Å². The molecular formula is C66H131N5. The van der Waals surface area contributed by atoms with Crippen molar-refractivity contribution in [2.45, 2.75) is 311 Å². The highest BCUT2D eigenvalue weighted by Gasteiger charge is 2.33. The fourth-order valence-electron chi connectivity index (χ4n) is 14.7. The maximum Gasteiger partial charge on any atom is 0.00984 e. The first kappa shape index (κ1) is 63.3. The van der Waals surface area contributed by atoms with E-state index in [0.717, 1.165) is 53.6 Å². The van der Waals surface area contributed by atoms with Crippen molar-refractivity contribution in [1.82, 2.24) is 24.5 Å². The molecule has 5 nitrogen and oxygen atoms in total. The molecule has 8 aliphatic heterocycles. The van der Waals surface area contributed by atoms with Gasteiger partial charge in [-0.25, -0.2) is 0 Å². The molecule has 0 spiro atoms. The smallest absolute Gasteiger partial charge is 0.00984 e. The van der Waals surface area contributed by atoms with Gasteiger partial charge in [0, 0.05) is 37.8 Å². The van der Waals surface area contributed by atoms with Crippen molar-refractivity contribution < 1.29 is 0 Å². The number of nitrogens with zero attached hydrogens (tertiary/aromatic N) is 5. The van der Waals surface area contributed by atoms with Crippen molar-refractivity contribution in [1.29, 1.82) is 0 Å². The summed E-state index contributed by atoms with van der Waals surface area (Å²) in [5.74, 6) is 6.25. The summed E-state index contributed by atoms with van der Waals surface area (Å²) in [6, 6.07) is 2.92. The standard InChI is InChI=1S/C14H27N.2C11H21N.C10H19N.C8H17N.C8H16.C4H10/c1-2-13-8-10-15(11-9-13)12-14-6-4-3-5-7-14;1-2-10-6-7-11-5-3-4-8-12(11)9-10;1-2-10-6-8-12-7-4-3-5-11(12)9-10;1-2-9-7-10-5-3-4-6-11(10)8-9;1-2-6-9-7-4-3-5-8-9;1-2-8-6-4-3-5-7-8;1-3-4-2/h13-14H,2-12H2,1H3;2*10-11H,2-9H2,1H3;9-10H,2-8H2,1H3;2-8H2,1H3;8H,2-7H2,1H3;3-4H2,1-2H3. The molecule has 0 aromatic carbocycles. The highest BCUT2D eigenvalue weighted by Crippen LogP contribution is 2.34. The Hall–Kier alpha value is -0.200. The molecule has 0 amide bonds. The highest BCUT2D eigenvalue weighted by molar-refractivity contribution is 4.88. The molecule has 0 aromatic heterocycles. The van der Waals surface area contributed by atoms with Crippen LogP contribution in [0.5, 0.6) is 0 Å². The highest BCUT2D eigenvalue weighted by atomic mass is 15.2. The molecule has 2 saturated carbocycles. The van der Waals surface area contributed by atoms with Crippen molar-refractivity contribution in [2.75, 3.05) is 78.5 Å². The summed E-state index contributed by atoms with van der Waals surface area (Å²) in [6.07, 6.45) is 53.9. The molecule has 0 aromatic rings. The van der Waals surface area contributed by atoms with Gasteiger partial charge in [0.2, 0.25) is 0 Å². The van der Waals surface area contributed by atoms with E-state index in [9.17, 15) is 0 Å². The summed E-state index contributed by atoms with van der Waals surface area (Å²) in [6.45, 7) is 34.9. The van der Waals surface area contributed by atoms with Crippen LogP contribution in [0.15, 0.2) is 0 Å². The van der Waals surface area contributed by atoms with Crippen molar-refractivity contribution in [3.8, 4) is 0 Å². The van der Waals surface area contributed by atoms with Gasteiger partial charge in [-0.3, -0.25) is 0 Å². The van der Waals surface area contributed by atoms with Gasteiger partial charge in [-0.05, 0) is 210 Å². The zero-order valence-electron chi connectivity index (χ0n) is 50.1. The minimum absolute atomic E-state index is 0.970. The molecule has 0 radical (unpaired) electrons. The first-order valence-electron chi connectivity index (χ1n) is 33.5. The Morgan fingerprint density at radius 3 is 1.21 bits per heavy atom. The minimum Gasteiger partial charge on any atom is -0.303 e. The summed E-state index contributed by atoms with van der Waals surface area (Å²) in [5, 5.41) is 0. The Kier molecular flexibility index (Phi) is 35.7. The molecule has 0 bridgehead atoms. The van der Waals surface area contributed by atoms with E-state index in [-0.39, 0.29) is 0 Å². The van der Waals surface area contributed by atoms with E-state index in [1.807, 2.05) is 0 Å². The lowest BCUT2D eigenvalue weighted by Crippen LogP contribution is -2.45. The van der Waals surface area contributed by atoms with E-state index >= 15 is 0 Å². The first-order chi connectivity index (χ1) is 34.9. The van der Waals surface area contributed by atoms with E-state index in [1.54, 1.807) is 0 Å². The SMILES string of the molecule is CCC1CC2CCCCN2C1.CCC1CCC2CCCCN2C1.CCC1CCCCC1.CCC1CCN(CC2CCCCC2)CC1.CCC1CCN2CCCCC2C1.CCCC.CCCN1CCCCC1. The molecule has 6 unspecified atom stereocenters. The Balaban J connectivity index is 0.000000184. The van der Waals surface area contributed by atoms with Gasteiger partial charge in [0.15, 0.2) is 0 Å². The lowest BCUT2D eigenvalue weighted by molar-refractivity contribution is 0.0740. The Bertz CT molecular complexity index is 1130. The fraction of sp³-hybridized carbons (Fsp3) is 1.00. The number of likely N-dealkylation sites (tertiary alicyclic amines) is 2. The van der Waals surface area contributed by atoms with Gasteiger partial charge in [-0.15, -0.1) is 0 Å². The van der Waals surface area contributed by atoms with Gasteiger partial charge in [0.25, 0.3) is 0 Å². The largest absolute Gasteiger partial charge is 0.303 e. The van der Waals surface area contributed by atoms with E-state index in [4.69, 9.17) is 0 Å². The third-order valence-corrected chi connectivity index (χ3v) is 20.2. The summed E-state index contributed by atoms with van der Waals surface area (Å²) < 4.78 is 0. The molecule has 0 N–H and O–H groups in total. The predicted molar refractivity (Wildman–Crippen MR) is 316 cm³/mol. The second kappa shape index (κ2) is 40.1. The third-order valence-electron chi connectivity index (χ3n) is 20.2.